The SMILES string of the molecule is Cc1ccc(C)[nH]1.Cc1ccc(C)[nH]1.Cc1ccc(C)[nH]1.Cc1ccc(C)[nH]1. The quantitative estimate of drug-likeness (QED) is 0.268. The molecule has 4 rings (SSSR count). The van der Waals surface area contributed by atoms with Crippen molar-refractivity contribution in [3.63, 3.8) is 0 Å². The molecular weight excluding hydrogens is 344 g/mol. The Balaban J connectivity index is 0.000000187. The summed E-state index contributed by atoms with van der Waals surface area (Å²) in [5, 5.41) is 0. The fourth-order valence-electron chi connectivity index (χ4n) is 2.58. The van der Waals surface area contributed by atoms with Gasteiger partial charge in [0.05, 0.1) is 0 Å². The van der Waals surface area contributed by atoms with Crippen LogP contribution in [0.1, 0.15) is 45.6 Å². The van der Waals surface area contributed by atoms with Crippen molar-refractivity contribution in [3.8, 4) is 0 Å². The Morgan fingerprint density at radius 3 is 0.429 bits per heavy atom. The van der Waals surface area contributed by atoms with E-state index in [0.717, 1.165) is 0 Å². The topological polar surface area (TPSA) is 63.2 Å². The van der Waals surface area contributed by atoms with Crippen molar-refractivity contribution in [3.05, 3.63) is 94.1 Å². The van der Waals surface area contributed by atoms with Crippen LogP contribution in [0.3, 0.4) is 0 Å². The van der Waals surface area contributed by atoms with E-state index in [1.165, 1.54) is 45.6 Å². The summed E-state index contributed by atoms with van der Waals surface area (Å²) in [5.41, 5.74) is 9.87. The molecule has 0 bridgehead atoms. The summed E-state index contributed by atoms with van der Waals surface area (Å²) in [6.07, 6.45) is 0. The zero-order chi connectivity index (χ0) is 21.1. The minimum Gasteiger partial charge on any atom is -0.363 e. The molecule has 0 aliphatic heterocycles. The van der Waals surface area contributed by atoms with E-state index < -0.39 is 0 Å². The van der Waals surface area contributed by atoms with Crippen LogP contribution in [0.2, 0.25) is 0 Å². The minimum atomic E-state index is 1.23. The van der Waals surface area contributed by atoms with Gasteiger partial charge in [-0.2, -0.15) is 0 Å². The lowest BCUT2D eigenvalue weighted by Gasteiger charge is -1.77. The van der Waals surface area contributed by atoms with Gasteiger partial charge in [0.1, 0.15) is 0 Å². The van der Waals surface area contributed by atoms with Gasteiger partial charge in [0.2, 0.25) is 0 Å². The van der Waals surface area contributed by atoms with Crippen LogP contribution in [0.25, 0.3) is 0 Å². The van der Waals surface area contributed by atoms with Gasteiger partial charge in [0.15, 0.2) is 0 Å². The largest absolute Gasteiger partial charge is 0.363 e. The van der Waals surface area contributed by atoms with E-state index >= 15 is 0 Å². The van der Waals surface area contributed by atoms with Crippen molar-refractivity contribution in [2.75, 3.05) is 0 Å². The Bertz CT molecular complexity index is 699. The summed E-state index contributed by atoms with van der Waals surface area (Å²) >= 11 is 0. The molecular formula is C24H36N4. The highest BCUT2D eigenvalue weighted by Gasteiger charge is 1.84. The summed E-state index contributed by atoms with van der Waals surface area (Å²) in [5.74, 6) is 0. The smallest absolute Gasteiger partial charge is 0.0117 e. The van der Waals surface area contributed by atoms with E-state index in [-0.39, 0.29) is 0 Å². The van der Waals surface area contributed by atoms with E-state index in [1.807, 2.05) is 55.4 Å². The maximum Gasteiger partial charge on any atom is 0.0117 e. The third-order valence-corrected chi connectivity index (χ3v) is 3.91. The maximum atomic E-state index is 3.14. The number of rotatable bonds is 0. The molecule has 0 aliphatic rings. The fraction of sp³-hybridized carbons (Fsp3) is 0.333. The van der Waals surface area contributed by atoms with Crippen LogP contribution in [-0.4, -0.2) is 19.9 Å². The van der Waals surface area contributed by atoms with Crippen molar-refractivity contribution >= 4 is 0 Å². The first-order valence-corrected chi connectivity index (χ1v) is 9.64. The second-order valence-corrected chi connectivity index (χ2v) is 7.30. The van der Waals surface area contributed by atoms with Gasteiger partial charge >= 0.3 is 0 Å². The highest BCUT2D eigenvalue weighted by atomic mass is 14.7. The molecule has 0 aliphatic carbocycles. The first-order valence-electron chi connectivity index (χ1n) is 9.64. The monoisotopic (exact) mass is 380 g/mol. The molecule has 0 spiro atoms. The van der Waals surface area contributed by atoms with Crippen LogP contribution >= 0.6 is 0 Å². The normalized spacial score (nSPS) is 9.43. The van der Waals surface area contributed by atoms with Gasteiger partial charge in [-0.3, -0.25) is 0 Å². The summed E-state index contributed by atoms with van der Waals surface area (Å²) in [6.45, 7) is 16.4. The first kappa shape index (κ1) is 23.2. The van der Waals surface area contributed by atoms with Gasteiger partial charge in [-0.25, -0.2) is 0 Å². The van der Waals surface area contributed by atoms with Crippen LogP contribution in [0.15, 0.2) is 48.5 Å². The molecule has 0 atom stereocenters. The molecule has 0 amide bonds. The molecule has 152 valence electrons. The lowest BCUT2D eigenvalue weighted by atomic mass is 10.5. The standard InChI is InChI=1S/4C6H9N/c4*1-5-3-4-6(2)7-5/h4*3-4,7H,1-2H3. The number of aromatic nitrogens is 4. The summed E-state index contributed by atoms with van der Waals surface area (Å²) in [6, 6.07) is 16.5. The third-order valence-electron chi connectivity index (χ3n) is 3.91. The average Bonchev–Trinajstić information content (AvgIpc) is 3.37. The van der Waals surface area contributed by atoms with E-state index in [9.17, 15) is 0 Å². The summed E-state index contributed by atoms with van der Waals surface area (Å²) in [7, 11) is 0. The van der Waals surface area contributed by atoms with E-state index in [0.29, 0.717) is 0 Å². The van der Waals surface area contributed by atoms with Crippen LogP contribution in [0.4, 0.5) is 0 Å². The molecule has 4 aromatic heterocycles. The number of aromatic amines is 4. The van der Waals surface area contributed by atoms with Gasteiger partial charge in [-0.05, 0) is 104 Å². The Hall–Kier alpha value is -2.88. The summed E-state index contributed by atoms with van der Waals surface area (Å²) < 4.78 is 0. The van der Waals surface area contributed by atoms with Crippen molar-refractivity contribution in [1.82, 2.24) is 19.9 Å². The van der Waals surface area contributed by atoms with Crippen molar-refractivity contribution in [2.45, 2.75) is 55.4 Å². The Labute approximate surface area is 169 Å². The predicted octanol–water partition coefficient (Wildman–Crippen LogP) is 6.53. The molecule has 4 heterocycles. The molecule has 4 heteroatoms. The van der Waals surface area contributed by atoms with Gasteiger partial charge in [-0.15, -0.1) is 0 Å². The molecule has 0 fully saturated rings. The molecule has 4 N–H and O–H groups in total. The van der Waals surface area contributed by atoms with E-state index in [1.54, 1.807) is 0 Å². The highest BCUT2D eigenvalue weighted by Crippen LogP contribution is 1.97. The average molecular weight is 381 g/mol. The number of H-pyrrole nitrogens is 4. The predicted molar refractivity (Wildman–Crippen MR) is 121 cm³/mol. The number of hydrogen-bond acceptors (Lipinski definition) is 0. The van der Waals surface area contributed by atoms with Crippen molar-refractivity contribution in [1.29, 1.82) is 0 Å². The van der Waals surface area contributed by atoms with Crippen molar-refractivity contribution < 1.29 is 0 Å². The maximum absolute atomic E-state index is 3.14. The lowest BCUT2D eigenvalue weighted by Crippen LogP contribution is -1.67. The Kier molecular flexibility index (Phi) is 9.72. The number of hydrogen-bond donors (Lipinski definition) is 4. The van der Waals surface area contributed by atoms with E-state index in [2.05, 4.69) is 68.5 Å². The number of aryl methyl sites for hydroxylation is 8. The Morgan fingerprint density at radius 2 is 0.393 bits per heavy atom. The van der Waals surface area contributed by atoms with Crippen LogP contribution < -0.4 is 0 Å². The molecule has 0 saturated heterocycles. The van der Waals surface area contributed by atoms with Gasteiger partial charge < -0.3 is 19.9 Å². The second kappa shape index (κ2) is 11.8. The molecule has 0 saturated carbocycles. The highest BCUT2D eigenvalue weighted by molar-refractivity contribution is 5.10. The number of nitrogens with one attached hydrogen (secondary N) is 4. The Morgan fingerprint density at radius 1 is 0.286 bits per heavy atom. The lowest BCUT2D eigenvalue weighted by molar-refractivity contribution is 1.19. The minimum absolute atomic E-state index is 1.23. The molecule has 4 nitrogen and oxygen atoms in total. The fourth-order valence-corrected chi connectivity index (χ4v) is 2.58. The first-order chi connectivity index (χ1) is 13.2. The van der Waals surface area contributed by atoms with Gasteiger partial charge in [0.25, 0.3) is 0 Å². The third kappa shape index (κ3) is 10.3. The van der Waals surface area contributed by atoms with Crippen molar-refractivity contribution in [2.24, 2.45) is 0 Å². The second-order valence-electron chi connectivity index (χ2n) is 7.30. The van der Waals surface area contributed by atoms with Crippen LogP contribution in [0.5, 0.6) is 0 Å². The van der Waals surface area contributed by atoms with E-state index in [4.69, 9.17) is 0 Å². The molecule has 28 heavy (non-hydrogen) atoms. The summed E-state index contributed by atoms with van der Waals surface area (Å²) in [4.78, 5) is 12.6. The van der Waals surface area contributed by atoms with Gasteiger partial charge in [-0.1, -0.05) is 0 Å². The van der Waals surface area contributed by atoms with Crippen LogP contribution in [-0.2, 0) is 0 Å². The van der Waals surface area contributed by atoms with Crippen LogP contribution in [0, 0.1) is 55.4 Å². The molecule has 4 aromatic rings. The zero-order valence-electron chi connectivity index (χ0n) is 18.6. The molecule has 0 radical (unpaired) electrons. The molecule has 0 aromatic carbocycles. The van der Waals surface area contributed by atoms with Gasteiger partial charge in [0, 0.05) is 45.6 Å². The zero-order valence-corrected chi connectivity index (χ0v) is 18.6. The molecule has 0 unspecified atom stereocenters.